The van der Waals surface area contributed by atoms with Gasteiger partial charge in [-0.25, -0.2) is 4.79 Å². The minimum atomic E-state index is -0.202. The summed E-state index contributed by atoms with van der Waals surface area (Å²) in [6.45, 7) is 5.60. The van der Waals surface area contributed by atoms with Crippen LogP contribution in [0.1, 0.15) is 5.56 Å². The number of urea groups is 1. The number of anilines is 1. The maximum atomic E-state index is 12.7. The number of carbonyl (C=O) groups excluding carboxylic acids is 1. The van der Waals surface area contributed by atoms with Crippen molar-refractivity contribution in [2.75, 3.05) is 32.2 Å². The normalized spacial score (nSPS) is 10.1. The van der Waals surface area contributed by atoms with Gasteiger partial charge in [0.15, 0.2) is 0 Å². The molecule has 0 fully saturated rings. The highest BCUT2D eigenvalue weighted by Crippen LogP contribution is 2.24. The Morgan fingerprint density at radius 2 is 1.84 bits per heavy atom. The third-order valence-electron chi connectivity index (χ3n) is 3.53. The predicted octanol–water partition coefficient (Wildman–Crippen LogP) is 3.93. The molecule has 132 valence electrons. The number of ether oxygens (including phenoxy) is 2. The number of amides is 2. The third-order valence-corrected chi connectivity index (χ3v) is 3.53. The summed E-state index contributed by atoms with van der Waals surface area (Å²) < 4.78 is 10.6. The lowest BCUT2D eigenvalue weighted by Gasteiger charge is -2.22. The average molecular weight is 340 g/mol. The number of rotatable bonds is 9. The van der Waals surface area contributed by atoms with Gasteiger partial charge in [0.05, 0.1) is 12.3 Å². The van der Waals surface area contributed by atoms with Gasteiger partial charge in [0.1, 0.15) is 12.4 Å². The van der Waals surface area contributed by atoms with Crippen molar-refractivity contribution in [3.8, 4) is 5.75 Å². The predicted molar refractivity (Wildman–Crippen MR) is 99.9 cm³/mol. The molecule has 0 bridgehead atoms. The first kappa shape index (κ1) is 18.5. The largest absolute Gasteiger partial charge is 0.489 e. The van der Waals surface area contributed by atoms with Gasteiger partial charge in [0.2, 0.25) is 0 Å². The second-order valence-corrected chi connectivity index (χ2v) is 5.42. The van der Waals surface area contributed by atoms with Crippen LogP contribution in [0.25, 0.3) is 0 Å². The topological polar surface area (TPSA) is 50.8 Å². The van der Waals surface area contributed by atoms with Gasteiger partial charge in [0, 0.05) is 20.2 Å². The smallest absolute Gasteiger partial charge is 0.322 e. The lowest BCUT2D eigenvalue weighted by Crippen LogP contribution is -2.34. The van der Waals surface area contributed by atoms with Crippen LogP contribution in [0, 0.1) is 0 Å². The SMILES string of the molecule is C=CCN(Cc1ccccc1)C(=O)Nc1ccccc1OCCOC. The van der Waals surface area contributed by atoms with Crippen LogP contribution in [0.4, 0.5) is 10.5 Å². The Balaban J connectivity index is 2.06. The molecule has 0 spiro atoms. The summed E-state index contributed by atoms with van der Waals surface area (Å²) in [7, 11) is 1.62. The van der Waals surface area contributed by atoms with Crippen LogP contribution in [0.2, 0.25) is 0 Å². The van der Waals surface area contributed by atoms with E-state index in [1.165, 1.54) is 0 Å². The third kappa shape index (κ3) is 5.97. The maximum absolute atomic E-state index is 12.7. The van der Waals surface area contributed by atoms with E-state index >= 15 is 0 Å². The molecule has 0 saturated heterocycles. The van der Waals surface area contributed by atoms with Crippen LogP contribution >= 0.6 is 0 Å². The molecule has 0 unspecified atom stereocenters. The fourth-order valence-electron chi connectivity index (χ4n) is 2.30. The second kappa shape index (κ2) is 10.2. The van der Waals surface area contributed by atoms with Crippen molar-refractivity contribution < 1.29 is 14.3 Å². The number of para-hydroxylation sites is 2. The van der Waals surface area contributed by atoms with E-state index in [0.29, 0.717) is 37.7 Å². The molecule has 2 aromatic carbocycles. The number of nitrogens with one attached hydrogen (secondary N) is 1. The quantitative estimate of drug-likeness (QED) is 0.556. The standard InChI is InChI=1S/C20H24N2O3/c1-3-13-22(16-17-9-5-4-6-10-17)20(23)21-18-11-7-8-12-19(18)25-15-14-24-2/h3-12H,1,13-16H2,2H3,(H,21,23). The summed E-state index contributed by atoms with van der Waals surface area (Å²) in [5, 5.41) is 2.92. The van der Waals surface area contributed by atoms with E-state index in [1.807, 2.05) is 54.6 Å². The molecule has 0 saturated carbocycles. The molecule has 0 aliphatic carbocycles. The molecule has 5 heteroatoms. The second-order valence-electron chi connectivity index (χ2n) is 5.42. The molecule has 1 N–H and O–H groups in total. The Hall–Kier alpha value is -2.79. The molecular formula is C20H24N2O3. The minimum absolute atomic E-state index is 0.202. The molecule has 0 aliphatic rings. The van der Waals surface area contributed by atoms with Gasteiger partial charge < -0.3 is 19.7 Å². The van der Waals surface area contributed by atoms with Crippen molar-refractivity contribution in [3.05, 3.63) is 72.8 Å². The summed E-state index contributed by atoms with van der Waals surface area (Å²) in [4.78, 5) is 14.4. The van der Waals surface area contributed by atoms with Crippen molar-refractivity contribution in [1.82, 2.24) is 4.90 Å². The monoisotopic (exact) mass is 340 g/mol. The number of nitrogens with zero attached hydrogens (tertiary/aromatic N) is 1. The number of hydrogen-bond donors (Lipinski definition) is 1. The Kier molecular flexibility index (Phi) is 7.53. The highest BCUT2D eigenvalue weighted by atomic mass is 16.5. The Labute approximate surface area is 148 Å². The molecular weight excluding hydrogens is 316 g/mol. The molecule has 5 nitrogen and oxygen atoms in total. The number of methoxy groups -OCH3 is 1. The summed E-state index contributed by atoms with van der Waals surface area (Å²) in [5.74, 6) is 0.617. The molecule has 0 radical (unpaired) electrons. The fourth-order valence-corrected chi connectivity index (χ4v) is 2.30. The summed E-state index contributed by atoms with van der Waals surface area (Å²) in [6, 6.07) is 17.0. The maximum Gasteiger partial charge on any atom is 0.322 e. The van der Waals surface area contributed by atoms with Crippen LogP contribution < -0.4 is 10.1 Å². The van der Waals surface area contributed by atoms with E-state index in [0.717, 1.165) is 5.56 Å². The van der Waals surface area contributed by atoms with Crippen molar-refractivity contribution in [2.24, 2.45) is 0 Å². The number of carbonyl (C=O) groups is 1. The molecule has 2 amide bonds. The lowest BCUT2D eigenvalue weighted by molar-refractivity contribution is 0.146. The fraction of sp³-hybridized carbons (Fsp3) is 0.250. The van der Waals surface area contributed by atoms with Crippen LogP contribution in [0.5, 0.6) is 5.75 Å². The number of benzene rings is 2. The van der Waals surface area contributed by atoms with Crippen molar-refractivity contribution in [2.45, 2.75) is 6.54 Å². The Bertz CT molecular complexity index is 674. The van der Waals surface area contributed by atoms with Crippen LogP contribution in [-0.4, -0.2) is 37.8 Å². The average Bonchev–Trinajstić information content (AvgIpc) is 2.64. The van der Waals surface area contributed by atoms with Gasteiger partial charge in [-0.3, -0.25) is 0 Å². The van der Waals surface area contributed by atoms with Gasteiger partial charge in [0.25, 0.3) is 0 Å². The zero-order valence-electron chi connectivity index (χ0n) is 14.5. The van der Waals surface area contributed by atoms with E-state index in [4.69, 9.17) is 9.47 Å². The van der Waals surface area contributed by atoms with Crippen molar-refractivity contribution in [1.29, 1.82) is 0 Å². The highest BCUT2D eigenvalue weighted by Gasteiger charge is 2.15. The molecule has 25 heavy (non-hydrogen) atoms. The van der Waals surface area contributed by atoms with Gasteiger partial charge in [-0.2, -0.15) is 0 Å². The summed E-state index contributed by atoms with van der Waals surface area (Å²) in [6.07, 6.45) is 1.71. The molecule has 2 aromatic rings. The van der Waals surface area contributed by atoms with Crippen molar-refractivity contribution >= 4 is 11.7 Å². The van der Waals surface area contributed by atoms with E-state index < -0.39 is 0 Å². The van der Waals surface area contributed by atoms with E-state index in [1.54, 1.807) is 18.1 Å². The van der Waals surface area contributed by atoms with E-state index in [-0.39, 0.29) is 6.03 Å². The lowest BCUT2D eigenvalue weighted by atomic mass is 10.2. The zero-order chi connectivity index (χ0) is 17.9. The van der Waals surface area contributed by atoms with Crippen LogP contribution in [0.3, 0.4) is 0 Å². The molecule has 0 atom stereocenters. The van der Waals surface area contributed by atoms with Crippen LogP contribution in [-0.2, 0) is 11.3 Å². The first-order chi connectivity index (χ1) is 12.2. The zero-order valence-corrected chi connectivity index (χ0v) is 14.5. The van der Waals surface area contributed by atoms with E-state index in [9.17, 15) is 4.79 Å². The first-order valence-electron chi connectivity index (χ1n) is 8.16. The minimum Gasteiger partial charge on any atom is -0.489 e. The molecule has 0 aliphatic heterocycles. The van der Waals surface area contributed by atoms with Crippen LogP contribution in [0.15, 0.2) is 67.3 Å². The van der Waals surface area contributed by atoms with Gasteiger partial charge in [-0.1, -0.05) is 48.5 Å². The number of hydrogen-bond acceptors (Lipinski definition) is 3. The van der Waals surface area contributed by atoms with Gasteiger partial charge in [-0.05, 0) is 17.7 Å². The molecule has 2 rings (SSSR count). The van der Waals surface area contributed by atoms with Gasteiger partial charge >= 0.3 is 6.03 Å². The summed E-state index contributed by atoms with van der Waals surface area (Å²) in [5.41, 5.74) is 1.69. The highest BCUT2D eigenvalue weighted by molar-refractivity contribution is 5.91. The van der Waals surface area contributed by atoms with Crippen molar-refractivity contribution in [3.63, 3.8) is 0 Å². The summed E-state index contributed by atoms with van der Waals surface area (Å²) >= 11 is 0. The van der Waals surface area contributed by atoms with E-state index in [2.05, 4.69) is 11.9 Å². The van der Waals surface area contributed by atoms with Gasteiger partial charge in [-0.15, -0.1) is 6.58 Å². The first-order valence-corrected chi connectivity index (χ1v) is 8.16. The Morgan fingerprint density at radius 1 is 1.12 bits per heavy atom. The molecule has 0 aromatic heterocycles. The Morgan fingerprint density at radius 3 is 2.56 bits per heavy atom. The molecule has 0 heterocycles.